The van der Waals surface area contributed by atoms with E-state index in [-0.39, 0.29) is 12.5 Å². The maximum Gasteiger partial charge on any atom is 0.251 e. The van der Waals surface area contributed by atoms with Gasteiger partial charge < -0.3 is 10.4 Å². The lowest BCUT2D eigenvalue weighted by molar-refractivity contribution is 0.0951. The molecule has 1 amide bonds. The minimum atomic E-state index is -0.123. The van der Waals surface area contributed by atoms with Crippen LogP contribution >= 0.6 is 0 Å². The van der Waals surface area contributed by atoms with E-state index in [9.17, 15) is 4.79 Å². The quantitative estimate of drug-likeness (QED) is 0.839. The molecule has 0 radical (unpaired) electrons. The number of nitrogens with one attached hydrogen (secondary N) is 1. The van der Waals surface area contributed by atoms with Crippen molar-refractivity contribution < 1.29 is 9.90 Å². The van der Waals surface area contributed by atoms with Crippen LogP contribution in [-0.2, 0) is 6.54 Å². The van der Waals surface area contributed by atoms with Crippen molar-refractivity contribution in [1.82, 2.24) is 10.3 Å². The summed E-state index contributed by atoms with van der Waals surface area (Å²) in [7, 11) is 0. The van der Waals surface area contributed by atoms with Crippen molar-refractivity contribution in [3.63, 3.8) is 0 Å². The first kappa shape index (κ1) is 14.8. The number of rotatable bonds is 4. The third kappa shape index (κ3) is 4.75. The number of carbonyl (C=O) groups excluding carboxylic acids is 1. The molecule has 0 atom stereocenters. The van der Waals surface area contributed by atoms with E-state index in [2.05, 4.69) is 22.1 Å². The first-order valence-electron chi connectivity index (χ1n) is 6.66. The summed E-state index contributed by atoms with van der Waals surface area (Å²) < 4.78 is 0. The van der Waals surface area contributed by atoms with Crippen molar-refractivity contribution in [3.05, 3.63) is 65.5 Å². The van der Waals surface area contributed by atoms with Crippen LogP contribution in [0.1, 0.15) is 27.9 Å². The maximum atomic E-state index is 12.0. The third-order valence-electron chi connectivity index (χ3n) is 2.82. The van der Waals surface area contributed by atoms with Crippen molar-refractivity contribution in [1.29, 1.82) is 0 Å². The fraction of sp³-hybridized carbons (Fsp3) is 0.176. The average molecular weight is 280 g/mol. The zero-order chi connectivity index (χ0) is 14.9. The van der Waals surface area contributed by atoms with E-state index in [4.69, 9.17) is 5.11 Å². The molecule has 1 aromatic carbocycles. The SMILES string of the molecule is O=C(NCc1ccncc1)c1ccc(C#CCCO)cc1. The average Bonchev–Trinajstić information content (AvgIpc) is 2.54. The lowest BCUT2D eigenvalue weighted by atomic mass is 10.1. The Kier molecular flexibility index (Phi) is 5.50. The van der Waals surface area contributed by atoms with E-state index in [1.807, 2.05) is 12.1 Å². The van der Waals surface area contributed by atoms with Gasteiger partial charge in [-0.25, -0.2) is 0 Å². The van der Waals surface area contributed by atoms with Crippen LogP contribution in [0, 0.1) is 11.8 Å². The molecule has 0 fully saturated rings. The molecule has 0 spiro atoms. The molecule has 0 saturated carbocycles. The van der Waals surface area contributed by atoms with Crippen LogP contribution in [0.2, 0.25) is 0 Å². The Morgan fingerprint density at radius 3 is 2.52 bits per heavy atom. The topological polar surface area (TPSA) is 62.2 Å². The van der Waals surface area contributed by atoms with Crippen LogP contribution in [0.3, 0.4) is 0 Å². The van der Waals surface area contributed by atoms with E-state index in [0.717, 1.165) is 11.1 Å². The molecule has 0 aliphatic carbocycles. The molecule has 0 aliphatic heterocycles. The number of amides is 1. The minimum absolute atomic E-state index is 0.0580. The first-order valence-corrected chi connectivity index (χ1v) is 6.66. The van der Waals surface area contributed by atoms with Gasteiger partial charge in [0.25, 0.3) is 5.91 Å². The molecule has 1 heterocycles. The van der Waals surface area contributed by atoms with Crippen LogP contribution in [0.25, 0.3) is 0 Å². The molecule has 0 aliphatic rings. The summed E-state index contributed by atoms with van der Waals surface area (Å²) >= 11 is 0. The van der Waals surface area contributed by atoms with Gasteiger partial charge in [-0.2, -0.15) is 0 Å². The summed E-state index contributed by atoms with van der Waals surface area (Å²) in [5.74, 6) is 5.64. The van der Waals surface area contributed by atoms with Crippen molar-refractivity contribution in [2.45, 2.75) is 13.0 Å². The third-order valence-corrected chi connectivity index (χ3v) is 2.82. The van der Waals surface area contributed by atoms with Gasteiger partial charge in [0, 0.05) is 36.5 Å². The summed E-state index contributed by atoms with van der Waals surface area (Å²) in [5.41, 5.74) is 2.43. The van der Waals surface area contributed by atoms with Crippen LogP contribution < -0.4 is 5.32 Å². The standard InChI is InChI=1S/C17H16N2O2/c20-12-2-1-3-14-4-6-16(7-5-14)17(21)19-13-15-8-10-18-11-9-15/h4-11,20H,2,12-13H2,(H,19,21). The Labute approximate surface area is 123 Å². The lowest BCUT2D eigenvalue weighted by Gasteiger charge is -2.05. The van der Waals surface area contributed by atoms with Gasteiger partial charge in [-0.3, -0.25) is 9.78 Å². The monoisotopic (exact) mass is 280 g/mol. The summed E-state index contributed by atoms with van der Waals surface area (Å²) in [4.78, 5) is 15.9. The zero-order valence-corrected chi connectivity index (χ0v) is 11.5. The van der Waals surface area contributed by atoms with E-state index in [1.54, 1.807) is 36.7 Å². The van der Waals surface area contributed by atoms with E-state index in [0.29, 0.717) is 18.5 Å². The van der Waals surface area contributed by atoms with Crippen molar-refractivity contribution in [2.24, 2.45) is 0 Å². The highest BCUT2D eigenvalue weighted by Gasteiger charge is 2.04. The molecular weight excluding hydrogens is 264 g/mol. The number of benzene rings is 1. The number of nitrogens with zero attached hydrogens (tertiary/aromatic N) is 1. The number of carbonyl (C=O) groups is 1. The first-order chi connectivity index (χ1) is 10.3. The van der Waals surface area contributed by atoms with Gasteiger partial charge in [0.15, 0.2) is 0 Å². The van der Waals surface area contributed by atoms with Crippen LogP contribution in [0.5, 0.6) is 0 Å². The van der Waals surface area contributed by atoms with E-state index in [1.165, 1.54) is 0 Å². The van der Waals surface area contributed by atoms with Gasteiger partial charge >= 0.3 is 0 Å². The van der Waals surface area contributed by atoms with Gasteiger partial charge in [-0.1, -0.05) is 11.8 Å². The van der Waals surface area contributed by atoms with Crippen molar-refractivity contribution in [3.8, 4) is 11.8 Å². The molecule has 0 bridgehead atoms. The van der Waals surface area contributed by atoms with Gasteiger partial charge in [0.1, 0.15) is 0 Å². The minimum Gasteiger partial charge on any atom is -0.395 e. The predicted octanol–water partition coefficient (Wildman–Crippen LogP) is 1.75. The smallest absolute Gasteiger partial charge is 0.251 e. The van der Waals surface area contributed by atoms with E-state index >= 15 is 0 Å². The largest absolute Gasteiger partial charge is 0.395 e. The number of pyridine rings is 1. The Bertz CT molecular complexity index is 640. The number of aliphatic hydroxyl groups is 1. The molecule has 4 nitrogen and oxygen atoms in total. The highest BCUT2D eigenvalue weighted by atomic mass is 16.2. The Morgan fingerprint density at radius 2 is 1.86 bits per heavy atom. The van der Waals surface area contributed by atoms with Gasteiger partial charge in [-0.05, 0) is 42.0 Å². The number of aliphatic hydroxyl groups excluding tert-OH is 1. The van der Waals surface area contributed by atoms with Gasteiger partial charge in [0.05, 0.1) is 6.61 Å². The van der Waals surface area contributed by atoms with Crippen molar-refractivity contribution >= 4 is 5.91 Å². The molecule has 2 aromatic rings. The van der Waals surface area contributed by atoms with Gasteiger partial charge in [-0.15, -0.1) is 0 Å². The fourth-order valence-electron chi connectivity index (χ4n) is 1.71. The molecule has 1 aromatic heterocycles. The summed E-state index contributed by atoms with van der Waals surface area (Å²) in [6.07, 6.45) is 3.84. The molecule has 2 rings (SSSR count). The summed E-state index contributed by atoms with van der Waals surface area (Å²) in [6.45, 7) is 0.530. The highest BCUT2D eigenvalue weighted by molar-refractivity contribution is 5.94. The number of aromatic nitrogens is 1. The van der Waals surface area contributed by atoms with Crippen LogP contribution in [0.15, 0.2) is 48.8 Å². The normalized spacial score (nSPS) is 9.57. The Morgan fingerprint density at radius 1 is 1.14 bits per heavy atom. The second-order valence-corrected chi connectivity index (χ2v) is 4.39. The summed E-state index contributed by atoms with van der Waals surface area (Å²) in [5, 5.41) is 11.5. The molecule has 2 N–H and O–H groups in total. The molecule has 106 valence electrons. The molecule has 0 saturated heterocycles. The van der Waals surface area contributed by atoms with Crippen molar-refractivity contribution in [2.75, 3.05) is 6.61 Å². The second-order valence-electron chi connectivity index (χ2n) is 4.39. The van der Waals surface area contributed by atoms with E-state index < -0.39 is 0 Å². The highest BCUT2D eigenvalue weighted by Crippen LogP contribution is 2.04. The molecule has 21 heavy (non-hydrogen) atoms. The summed E-state index contributed by atoms with van der Waals surface area (Å²) in [6, 6.07) is 10.8. The zero-order valence-electron chi connectivity index (χ0n) is 11.5. The van der Waals surface area contributed by atoms with Gasteiger partial charge in [0.2, 0.25) is 0 Å². The van der Waals surface area contributed by atoms with Crippen LogP contribution in [0.4, 0.5) is 0 Å². The molecular formula is C17H16N2O2. The Balaban J connectivity index is 1.92. The fourth-order valence-corrected chi connectivity index (χ4v) is 1.71. The maximum absolute atomic E-state index is 12.0. The Hall–Kier alpha value is -2.64. The number of hydrogen-bond donors (Lipinski definition) is 2. The number of hydrogen-bond acceptors (Lipinski definition) is 3. The molecule has 4 heteroatoms. The second kappa shape index (κ2) is 7.83. The molecule has 0 unspecified atom stereocenters. The predicted molar refractivity (Wildman–Crippen MR) is 80.4 cm³/mol. The lowest BCUT2D eigenvalue weighted by Crippen LogP contribution is -2.22. The van der Waals surface area contributed by atoms with Crippen LogP contribution in [-0.4, -0.2) is 22.6 Å².